The van der Waals surface area contributed by atoms with Crippen LogP contribution in [0, 0.1) is 0 Å². The molecule has 1 fully saturated rings. The van der Waals surface area contributed by atoms with Gasteiger partial charge in [0.2, 0.25) is 0 Å². The van der Waals surface area contributed by atoms with Gasteiger partial charge in [-0.2, -0.15) is 0 Å². The molecule has 158 valence electrons. The second-order valence-electron chi connectivity index (χ2n) is 7.97. The average Bonchev–Trinajstić information content (AvgIpc) is 3.54. The normalized spacial score (nSPS) is 14.4. The monoisotopic (exact) mass is 430 g/mol. The number of fused-ring (bicyclic) bond motifs is 1. The summed E-state index contributed by atoms with van der Waals surface area (Å²) in [5.74, 6) is -0.271. The van der Waals surface area contributed by atoms with Crippen LogP contribution in [-0.4, -0.2) is 42.2 Å². The molecule has 5 rings (SSSR count). The third-order valence-electron chi connectivity index (χ3n) is 6.07. The smallest absolute Gasteiger partial charge is 0.348 e. The number of rotatable bonds is 6. The Kier molecular flexibility index (Phi) is 5.62. The number of methoxy groups -OCH3 is 1. The van der Waals surface area contributed by atoms with Crippen LogP contribution < -0.4 is 0 Å². The minimum atomic E-state index is -0.271. The quantitative estimate of drug-likeness (QED) is 0.356. The van der Waals surface area contributed by atoms with Crippen molar-refractivity contribution in [3.8, 4) is 22.4 Å². The van der Waals surface area contributed by atoms with Gasteiger partial charge in [0, 0.05) is 18.7 Å². The first-order valence-electron chi connectivity index (χ1n) is 10.8. The second kappa shape index (κ2) is 8.69. The summed E-state index contributed by atoms with van der Waals surface area (Å²) in [6, 6.07) is 23.1. The number of benzene rings is 2. The van der Waals surface area contributed by atoms with E-state index < -0.39 is 0 Å². The molecule has 2 aromatic carbocycles. The van der Waals surface area contributed by atoms with Gasteiger partial charge < -0.3 is 14.2 Å². The maximum atomic E-state index is 12.3. The molecule has 1 aliphatic rings. The number of thiophene rings is 1. The van der Waals surface area contributed by atoms with Crippen LogP contribution in [-0.2, 0) is 11.3 Å². The first-order valence-corrected chi connectivity index (χ1v) is 11.7. The first kappa shape index (κ1) is 20.0. The van der Waals surface area contributed by atoms with Crippen molar-refractivity contribution in [1.29, 1.82) is 0 Å². The molecule has 2 aromatic heterocycles. The minimum Gasteiger partial charge on any atom is -0.465 e. The van der Waals surface area contributed by atoms with Crippen LogP contribution >= 0.6 is 11.3 Å². The highest BCUT2D eigenvalue weighted by Gasteiger charge is 2.24. The Labute approximate surface area is 186 Å². The summed E-state index contributed by atoms with van der Waals surface area (Å²) in [7, 11) is 1.45. The van der Waals surface area contributed by atoms with Crippen molar-refractivity contribution in [2.24, 2.45) is 0 Å². The Morgan fingerprint density at radius 3 is 2.23 bits per heavy atom. The summed E-state index contributed by atoms with van der Waals surface area (Å²) in [5, 5.41) is 0. The number of likely N-dealkylation sites (tertiary alicyclic amines) is 1. The Morgan fingerprint density at radius 2 is 1.58 bits per heavy atom. The van der Waals surface area contributed by atoms with Crippen molar-refractivity contribution < 1.29 is 9.53 Å². The molecule has 0 amide bonds. The van der Waals surface area contributed by atoms with E-state index in [1.165, 1.54) is 66.8 Å². The molecule has 0 atom stereocenters. The highest BCUT2D eigenvalue weighted by molar-refractivity contribution is 7.21. The van der Waals surface area contributed by atoms with Gasteiger partial charge in [0.1, 0.15) is 4.88 Å². The average molecular weight is 431 g/mol. The highest BCUT2D eigenvalue weighted by Crippen LogP contribution is 2.44. The van der Waals surface area contributed by atoms with Gasteiger partial charge in [-0.15, -0.1) is 11.3 Å². The van der Waals surface area contributed by atoms with Crippen LogP contribution in [0.2, 0.25) is 0 Å². The molecular formula is C26H26N2O2S. The van der Waals surface area contributed by atoms with E-state index in [1.807, 2.05) is 12.1 Å². The summed E-state index contributed by atoms with van der Waals surface area (Å²) in [4.78, 5) is 15.5. The van der Waals surface area contributed by atoms with Crippen molar-refractivity contribution in [3.63, 3.8) is 0 Å². The van der Waals surface area contributed by atoms with Gasteiger partial charge in [0.25, 0.3) is 0 Å². The standard InChI is InChI=1S/C26H26N2O2S/c1-30-26(29)22-18-21-25(31-22)23(19-10-4-2-5-11-19)24(20-12-6-3-7-13-20)28(21)17-16-27-14-8-9-15-27/h2-7,10-13,18H,8-9,14-17H2,1H3. The Balaban J connectivity index is 1.74. The molecule has 5 heteroatoms. The van der Waals surface area contributed by atoms with Gasteiger partial charge in [-0.25, -0.2) is 4.79 Å². The largest absolute Gasteiger partial charge is 0.465 e. The first-order chi connectivity index (χ1) is 15.3. The van der Waals surface area contributed by atoms with Crippen molar-refractivity contribution >= 4 is 27.5 Å². The Hall–Kier alpha value is -2.89. The van der Waals surface area contributed by atoms with E-state index in [0.29, 0.717) is 4.88 Å². The summed E-state index contributed by atoms with van der Waals surface area (Å²) >= 11 is 1.53. The lowest BCUT2D eigenvalue weighted by molar-refractivity contribution is 0.0606. The van der Waals surface area contributed by atoms with Crippen molar-refractivity contribution in [2.75, 3.05) is 26.7 Å². The van der Waals surface area contributed by atoms with Gasteiger partial charge >= 0.3 is 5.97 Å². The van der Waals surface area contributed by atoms with Gasteiger partial charge in [-0.1, -0.05) is 60.7 Å². The number of carbonyl (C=O) groups excluding carboxylic acids is 1. The Morgan fingerprint density at radius 1 is 0.935 bits per heavy atom. The van der Waals surface area contributed by atoms with E-state index in [9.17, 15) is 4.79 Å². The lowest BCUT2D eigenvalue weighted by Crippen LogP contribution is -2.24. The van der Waals surface area contributed by atoms with Crippen molar-refractivity contribution in [3.05, 3.63) is 71.6 Å². The fourth-order valence-corrected chi connectivity index (χ4v) is 5.72. The Bertz CT molecular complexity index is 1190. The van der Waals surface area contributed by atoms with E-state index in [2.05, 4.69) is 64.1 Å². The molecule has 0 unspecified atom stereocenters. The predicted molar refractivity (Wildman–Crippen MR) is 128 cm³/mol. The van der Waals surface area contributed by atoms with Crippen LogP contribution in [0.1, 0.15) is 22.5 Å². The SMILES string of the molecule is COC(=O)c1cc2c(s1)c(-c1ccccc1)c(-c1ccccc1)n2CCN1CCCC1. The molecule has 3 heterocycles. The summed E-state index contributed by atoms with van der Waals surface area (Å²) < 4.78 is 8.59. The minimum absolute atomic E-state index is 0.271. The zero-order chi connectivity index (χ0) is 21.2. The van der Waals surface area contributed by atoms with Crippen LogP contribution in [0.15, 0.2) is 66.7 Å². The number of carbonyl (C=O) groups is 1. The van der Waals surface area contributed by atoms with Crippen molar-refractivity contribution in [2.45, 2.75) is 19.4 Å². The van der Waals surface area contributed by atoms with E-state index >= 15 is 0 Å². The number of aromatic nitrogens is 1. The fourth-order valence-electron chi connectivity index (χ4n) is 4.57. The molecule has 4 aromatic rings. The number of ether oxygens (including phenoxy) is 1. The van der Waals surface area contributed by atoms with Crippen LogP contribution in [0.3, 0.4) is 0 Å². The third kappa shape index (κ3) is 3.80. The van der Waals surface area contributed by atoms with E-state index in [0.717, 1.165) is 23.3 Å². The van der Waals surface area contributed by atoms with Gasteiger partial charge in [-0.3, -0.25) is 0 Å². The number of esters is 1. The molecule has 1 saturated heterocycles. The maximum Gasteiger partial charge on any atom is 0.348 e. The molecule has 0 N–H and O–H groups in total. The predicted octanol–water partition coefficient (Wildman–Crippen LogP) is 5.92. The van der Waals surface area contributed by atoms with Gasteiger partial charge in [0.15, 0.2) is 0 Å². The fraction of sp³-hybridized carbons (Fsp3) is 0.269. The van der Waals surface area contributed by atoms with E-state index in [4.69, 9.17) is 4.74 Å². The number of hydrogen-bond acceptors (Lipinski definition) is 4. The molecule has 0 bridgehead atoms. The molecule has 0 aliphatic carbocycles. The molecule has 0 spiro atoms. The lowest BCUT2D eigenvalue weighted by Gasteiger charge is -2.18. The van der Waals surface area contributed by atoms with Crippen LogP contribution in [0.5, 0.6) is 0 Å². The maximum absolute atomic E-state index is 12.3. The highest BCUT2D eigenvalue weighted by atomic mass is 32.1. The molecule has 31 heavy (non-hydrogen) atoms. The van der Waals surface area contributed by atoms with E-state index in [-0.39, 0.29) is 5.97 Å². The summed E-state index contributed by atoms with van der Waals surface area (Å²) in [6.45, 7) is 4.26. The van der Waals surface area contributed by atoms with Crippen molar-refractivity contribution in [1.82, 2.24) is 9.47 Å². The van der Waals surface area contributed by atoms with Gasteiger partial charge in [-0.05, 0) is 43.1 Å². The van der Waals surface area contributed by atoms with Gasteiger partial charge in [0.05, 0.1) is 23.0 Å². The zero-order valence-electron chi connectivity index (χ0n) is 17.7. The third-order valence-corrected chi connectivity index (χ3v) is 7.19. The van der Waals surface area contributed by atoms with E-state index in [1.54, 1.807) is 0 Å². The molecular weight excluding hydrogens is 404 g/mol. The van der Waals surface area contributed by atoms with Crippen LogP contribution in [0.25, 0.3) is 32.6 Å². The molecule has 4 nitrogen and oxygen atoms in total. The molecule has 1 aliphatic heterocycles. The number of nitrogens with zero attached hydrogens (tertiary/aromatic N) is 2. The second-order valence-corrected chi connectivity index (χ2v) is 9.02. The topological polar surface area (TPSA) is 34.5 Å². The zero-order valence-corrected chi connectivity index (χ0v) is 18.5. The summed E-state index contributed by atoms with van der Waals surface area (Å²) in [6.07, 6.45) is 2.57. The molecule has 0 saturated carbocycles. The lowest BCUT2D eigenvalue weighted by atomic mass is 10.0. The number of hydrogen-bond donors (Lipinski definition) is 0. The summed E-state index contributed by atoms with van der Waals surface area (Å²) in [5.41, 5.74) is 5.91. The van der Waals surface area contributed by atoms with Crippen LogP contribution in [0.4, 0.5) is 0 Å². The molecule has 0 radical (unpaired) electrons.